The van der Waals surface area contributed by atoms with Crippen LogP contribution in [0.5, 0.6) is 0 Å². The van der Waals surface area contributed by atoms with Gasteiger partial charge in [-0.25, -0.2) is 22.2 Å². The minimum absolute atomic E-state index is 0.00968. The average Bonchev–Trinajstić information content (AvgIpc) is 3.14. The predicted octanol–water partition coefficient (Wildman–Crippen LogP) is 3.97. The van der Waals surface area contributed by atoms with Crippen LogP contribution in [-0.4, -0.2) is 56.6 Å². The van der Waals surface area contributed by atoms with Gasteiger partial charge < -0.3 is 4.90 Å². The maximum Gasteiger partial charge on any atom is 0.261 e. The lowest BCUT2D eigenvalue weighted by molar-refractivity contribution is 0.0980. The molecule has 0 unspecified atom stereocenters. The van der Waals surface area contributed by atoms with Crippen LogP contribution in [0.4, 0.5) is 13.9 Å². The van der Waals surface area contributed by atoms with Crippen molar-refractivity contribution in [1.29, 1.82) is 0 Å². The first-order valence-electron chi connectivity index (χ1n) is 9.74. The van der Waals surface area contributed by atoms with Crippen LogP contribution < -0.4 is 4.90 Å². The lowest BCUT2D eigenvalue weighted by atomic mass is 10.2. The van der Waals surface area contributed by atoms with Crippen LogP contribution in [0.15, 0.2) is 41.3 Å². The minimum Gasteiger partial charge on any atom is -0.302 e. The van der Waals surface area contributed by atoms with E-state index in [1.807, 2.05) is 13.8 Å². The van der Waals surface area contributed by atoms with Crippen molar-refractivity contribution in [3.05, 3.63) is 53.6 Å². The molecule has 0 spiro atoms. The molecule has 3 rings (SSSR count). The van der Waals surface area contributed by atoms with Gasteiger partial charge in [0.15, 0.2) is 20.8 Å². The smallest absolute Gasteiger partial charge is 0.261 e. The summed E-state index contributed by atoms with van der Waals surface area (Å²) in [5, 5.41) is 0.181. The summed E-state index contributed by atoms with van der Waals surface area (Å²) in [7, 11) is -3.66. The number of fused-ring (bicyclic) bond motifs is 1. The second-order valence-corrected chi connectivity index (χ2v) is 9.98. The molecule has 0 N–H and O–H groups in total. The highest BCUT2D eigenvalue weighted by Crippen LogP contribution is 2.32. The van der Waals surface area contributed by atoms with Crippen molar-refractivity contribution in [2.24, 2.45) is 0 Å². The maximum absolute atomic E-state index is 14.2. The highest BCUT2D eigenvalue weighted by molar-refractivity contribution is 7.90. The lowest BCUT2D eigenvalue weighted by Gasteiger charge is -2.25. The van der Waals surface area contributed by atoms with Gasteiger partial charge in [-0.2, -0.15) is 0 Å². The van der Waals surface area contributed by atoms with E-state index in [9.17, 15) is 22.0 Å². The molecule has 0 fully saturated rings. The normalized spacial score (nSPS) is 11.9. The number of halogens is 2. The summed E-state index contributed by atoms with van der Waals surface area (Å²) in [5.41, 5.74) is -0.0195. The highest BCUT2D eigenvalue weighted by atomic mass is 32.2. The number of hydrogen-bond donors (Lipinski definition) is 0. The Morgan fingerprint density at radius 1 is 1.10 bits per heavy atom. The summed E-state index contributed by atoms with van der Waals surface area (Å²) in [6, 6.07) is 7.85. The van der Waals surface area contributed by atoms with Crippen molar-refractivity contribution in [3.8, 4) is 0 Å². The number of sulfone groups is 1. The number of rotatable bonds is 8. The molecule has 0 radical (unpaired) electrons. The highest BCUT2D eigenvalue weighted by Gasteiger charge is 2.27. The van der Waals surface area contributed by atoms with Gasteiger partial charge in [-0.1, -0.05) is 37.3 Å². The fourth-order valence-corrected chi connectivity index (χ4v) is 5.15. The number of thiazole rings is 1. The Labute approximate surface area is 184 Å². The van der Waals surface area contributed by atoms with Crippen LogP contribution in [0.1, 0.15) is 24.2 Å². The number of hydrogen-bond acceptors (Lipinski definition) is 6. The molecule has 6 nitrogen and oxygen atoms in total. The Morgan fingerprint density at radius 2 is 1.77 bits per heavy atom. The topological polar surface area (TPSA) is 70.6 Å². The average molecular weight is 468 g/mol. The number of aromatic nitrogens is 1. The van der Waals surface area contributed by atoms with Crippen LogP contribution in [0.25, 0.3) is 10.2 Å². The number of nitrogens with zero attached hydrogens (tertiary/aromatic N) is 3. The van der Waals surface area contributed by atoms with E-state index in [0.717, 1.165) is 42.8 Å². The van der Waals surface area contributed by atoms with E-state index < -0.39 is 27.4 Å². The molecule has 1 amide bonds. The first-order valence-corrected chi connectivity index (χ1v) is 12.4. The van der Waals surface area contributed by atoms with Crippen LogP contribution in [0.2, 0.25) is 0 Å². The fraction of sp³-hybridized carbons (Fsp3) is 0.333. The first-order chi connectivity index (χ1) is 14.7. The standard InChI is InChI=1S/C21H23F2N3O3S2/c1-4-25(5-2)10-11-26(20(27)15-8-6-7-9-18(15)31(3,28)29)21-24-19-16(23)12-14(22)13-17(19)30-21/h6-9,12-13H,4-5,10-11H2,1-3H3. The summed E-state index contributed by atoms with van der Waals surface area (Å²) in [6.07, 6.45) is 1.04. The van der Waals surface area contributed by atoms with Gasteiger partial charge in [0.05, 0.1) is 15.2 Å². The molecule has 10 heteroatoms. The summed E-state index contributed by atoms with van der Waals surface area (Å²) in [5.74, 6) is -2.11. The van der Waals surface area contributed by atoms with Crippen molar-refractivity contribution < 1.29 is 22.0 Å². The third-order valence-electron chi connectivity index (χ3n) is 4.93. The number of likely N-dealkylation sites (N-methyl/N-ethyl adjacent to an activating group) is 1. The van der Waals surface area contributed by atoms with E-state index in [1.54, 1.807) is 12.1 Å². The van der Waals surface area contributed by atoms with Crippen LogP contribution in [0, 0.1) is 11.6 Å². The third-order valence-corrected chi connectivity index (χ3v) is 7.11. The number of anilines is 1. The molecule has 31 heavy (non-hydrogen) atoms. The van der Waals surface area contributed by atoms with Gasteiger partial charge in [-0.15, -0.1) is 0 Å². The molecular weight excluding hydrogens is 444 g/mol. The van der Waals surface area contributed by atoms with Gasteiger partial charge in [-0.05, 0) is 31.3 Å². The van der Waals surface area contributed by atoms with Crippen molar-refractivity contribution in [2.75, 3.05) is 37.3 Å². The predicted molar refractivity (Wildman–Crippen MR) is 119 cm³/mol. The summed E-state index contributed by atoms with van der Waals surface area (Å²) in [4.78, 5) is 21.0. The van der Waals surface area contributed by atoms with E-state index in [2.05, 4.69) is 9.88 Å². The Morgan fingerprint density at radius 3 is 2.42 bits per heavy atom. The van der Waals surface area contributed by atoms with Gasteiger partial charge in [-0.3, -0.25) is 9.69 Å². The summed E-state index contributed by atoms with van der Waals surface area (Å²) >= 11 is 0.983. The quantitative estimate of drug-likeness (QED) is 0.501. The van der Waals surface area contributed by atoms with Crippen molar-refractivity contribution in [1.82, 2.24) is 9.88 Å². The van der Waals surface area contributed by atoms with Crippen molar-refractivity contribution in [3.63, 3.8) is 0 Å². The van der Waals surface area contributed by atoms with E-state index >= 15 is 0 Å². The molecule has 3 aromatic rings. The monoisotopic (exact) mass is 467 g/mol. The molecule has 0 saturated heterocycles. The molecule has 1 heterocycles. The summed E-state index contributed by atoms with van der Waals surface area (Å²) < 4.78 is 52.6. The second-order valence-electron chi connectivity index (χ2n) is 6.98. The Bertz CT molecular complexity index is 1210. The molecule has 2 aromatic carbocycles. The molecule has 1 aromatic heterocycles. The largest absolute Gasteiger partial charge is 0.302 e. The van der Waals surface area contributed by atoms with Gasteiger partial charge in [0, 0.05) is 25.4 Å². The maximum atomic E-state index is 14.2. The number of carbonyl (C=O) groups excluding carboxylic acids is 1. The van der Waals surface area contributed by atoms with Gasteiger partial charge >= 0.3 is 0 Å². The minimum atomic E-state index is -3.66. The second kappa shape index (κ2) is 9.37. The zero-order chi connectivity index (χ0) is 22.8. The van der Waals surface area contributed by atoms with Gasteiger partial charge in [0.25, 0.3) is 5.91 Å². The van der Waals surface area contributed by atoms with Crippen molar-refractivity contribution in [2.45, 2.75) is 18.7 Å². The van der Waals surface area contributed by atoms with Crippen LogP contribution >= 0.6 is 11.3 Å². The Kier molecular flexibility index (Phi) is 7.03. The number of benzene rings is 2. The molecular formula is C21H23F2N3O3S2. The van der Waals surface area contributed by atoms with Crippen LogP contribution in [-0.2, 0) is 9.84 Å². The molecule has 0 aliphatic rings. The first kappa shape index (κ1) is 23.2. The molecule has 166 valence electrons. The molecule has 0 aliphatic carbocycles. The Hall–Kier alpha value is -2.43. The molecule has 0 saturated carbocycles. The van der Waals surface area contributed by atoms with E-state index in [4.69, 9.17) is 0 Å². The molecule has 0 atom stereocenters. The number of amides is 1. The van der Waals surface area contributed by atoms with Gasteiger partial charge in [0.2, 0.25) is 0 Å². The van der Waals surface area contributed by atoms with E-state index in [0.29, 0.717) is 6.54 Å². The number of carbonyl (C=O) groups is 1. The summed E-state index contributed by atoms with van der Waals surface area (Å²) in [6.45, 7) is 6.22. The fourth-order valence-electron chi connectivity index (χ4n) is 3.24. The van der Waals surface area contributed by atoms with Crippen LogP contribution in [0.3, 0.4) is 0 Å². The molecule has 0 aliphatic heterocycles. The van der Waals surface area contributed by atoms with Gasteiger partial charge in [0.1, 0.15) is 11.3 Å². The van der Waals surface area contributed by atoms with E-state index in [-0.39, 0.29) is 32.4 Å². The van der Waals surface area contributed by atoms with E-state index in [1.165, 1.54) is 17.0 Å². The molecule has 0 bridgehead atoms. The third kappa shape index (κ3) is 5.08. The zero-order valence-electron chi connectivity index (χ0n) is 17.4. The Balaban J connectivity index is 2.10. The lowest BCUT2D eigenvalue weighted by Crippen LogP contribution is -2.39. The zero-order valence-corrected chi connectivity index (χ0v) is 19.1. The van der Waals surface area contributed by atoms with Crippen molar-refractivity contribution >= 4 is 42.4 Å². The SMILES string of the molecule is CCN(CC)CCN(C(=O)c1ccccc1S(C)(=O)=O)c1nc2c(F)cc(F)cc2s1.